The predicted octanol–water partition coefficient (Wildman–Crippen LogP) is 2.68. The van der Waals surface area contributed by atoms with E-state index in [9.17, 15) is 0 Å². The third-order valence-corrected chi connectivity index (χ3v) is 3.47. The van der Waals surface area contributed by atoms with Gasteiger partial charge in [0.25, 0.3) is 0 Å². The molecule has 0 bridgehead atoms. The number of halogens is 1. The largest absolute Gasteiger partial charge is 0.384 e. The Kier molecular flexibility index (Phi) is 4.99. The van der Waals surface area contributed by atoms with E-state index in [-0.39, 0.29) is 0 Å². The minimum atomic E-state index is 0.623. The molecule has 0 spiro atoms. The van der Waals surface area contributed by atoms with Crippen LogP contribution in [0.3, 0.4) is 0 Å². The smallest absolute Gasteiger partial charge is 0.183 e. The summed E-state index contributed by atoms with van der Waals surface area (Å²) in [5, 5.41) is 0. The highest BCUT2D eigenvalue weighted by Gasteiger charge is 1.98. The minimum absolute atomic E-state index is 0.623. The van der Waals surface area contributed by atoms with Crippen LogP contribution in [-0.2, 0) is 10.5 Å². The number of ether oxygens (including phenoxy) is 1. The van der Waals surface area contributed by atoms with Gasteiger partial charge in [-0.15, -0.1) is 11.3 Å². The monoisotopic (exact) mass is 223 g/mol. The van der Waals surface area contributed by atoms with Crippen molar-refractivity contribution in [3.63, 3.8) is 0 Å². The highest BCUT2D eigenvalue weighted by Crippen LogP contribution is 2.21. The molecule has 1 aromatic heterocycles. The van der Waals surface area contributed by atoms with E-state index < -0.39 is 0 Å². The van der Waals surface area contributed by atoms with E-state index in [0.717, 1.165) is 18.1 Å². The van der Waals surface area contributed by atoms with Crippen molar-refractivity contribution in [2.75, 3.05) is 19.5 Å². The lowest BCUT2D eigenvalue weighted by molar-refractivity contribution is 0.218. The van der Waals surface area contributed by atoms with E-state index in [0.29, 0.717) is 4.47 Å². The molecular formula is C7H10ClNOS2. The Balaban J connectivity index is 2.15. The highest BCUT2D eigenvalue weighted by molar-refractivity contribution is 7.98. The zero-order valence-electron chi connectivity index (χ0n) is 6.75. The first kappa shape index (κ1) is 10.3. The Hall–Kier alpha value is 0.230. The molecule has 0 radical (unpaired) electrons. The Morgan fingerprint density at radius 1 is 1.75 bits per heavy atom. The molecule has 1 aromatic rings. The standard InChI is InChI=1S/C7H10ClNOS2/c1-10-2-3-11-5-6-4-9-7(8)12-6/h4H,2-3,5H2,1H3. The first-order chi connectivity index (χ1) is 5.83. The maximum absolute atomic E-state index is 5.67. The van der Waals surface area contributed by atoms with E-state index >= 15 is 0 Å². The molecule has 0 aliphatic rings. The molecule has 0 aliphatic heterocycles. The van der Waals surface area contributed by atoms with Crippen molar-refractivity contribution in [1.29, 1.82) is 0 Å². The summed E-state index contributed by atoms with van der Waals surface area (Å²) >= 11 is 9.04. The maximum atomic E-state index is 5.67. The summed E-state index contributed by atoms with van der Waals surface area (Å²) in [6, 6.07) is 0. The summed E-state index contributed by atoms with van der Waals surface area (Å²) in [6.45, 7) is 0.803. The fraction of sp³-hybridized carbons (Fsp3) is 0.571. The zero-order chi connectivity index (χ0) is 8.81. The second-order valence-corrected chi connectivity index (χ2v) is 4.93. The summed E-state index contributed by atoms with van der Waals surface area (Å²) in [4.78, 5) is 5.18. The second kappa shape index (κ2) is 5.80. The fourth-order valence-corrected chi connectivity index (χ4v) is 2.63. The van der Waals surface area contributed by atoms with Crippen LogP contribution in [0.15, 0.2) is 6.20 Å². The molecule has 0 aromatic carbocycles. The topological polar surface area (TPSA) is 22.1 Å². The lowest BCUT2D eigenvalue weighted by Gasteiger charge is -1.96. The van der Waals surface area contributed by atoms with Gasteiger partial charge in [0.2, 0.25) is 0 Å². The Morgan fingerprint density at radius 2 is 2.58 bits per heavy atom. The number of thioether (sulfide) groups is 1. The van der Waals surface area contributed by atoms with E-state index in [1.54, 1.807) is 7.11 Å². The molecular weight excluding hydrogens is 214 g/mol. The molecule has 0 fully saturated rings. The molecule has 1 heterocycles. The van der Waals surface area contributed by atoms with Crippen LogP contribution in [0.5, 0.6) is 0 Å². The number of hydrogen-bond donors (Lipinski definition) is 0. The van der Waals surface area contributed by atoms with Crippen molar-refractivity contribution in [2.24, 2.45) is 0 Å². The molecule has 1 rings (SSSR count). The van der Waals surface area contributed by atoms with Gasteiger partial charge >= 0.3 is 0 Å². The third-order valence-electron chi connectivity index (χ3n) is 1.20. The van der Waals surface area contributed by atoms with Crippen molar-refractivity contribution in [3.05, 3.63) is 15.5 Å². The maximum Gasteiger partial charge on any atom is 0.183 e. The molecule has 0 N–H and O–H groups in total. The molecule has 0 unspecified atom stereocenters. The van der Waals surface area contributed by atoms with E-state index in [4.69, 9.17) is 16.3 Å². The van der Waals surface area contributed by atoms with E-state index in [1.807, 2.05) is 18.0 Å². The van der Waals surface area contributed by atoms with Crippen LogP contribution in [-0.4, -0.2) is 24.5 Å². The molecule has 2 nitrogen and oxygen atoms in total. The Bertz CT molecular complexity index is 229. The van der Waals surface area contributed by atoms with Gasteiger partial charge in [0.05, 0.1) is 6.61 Å². The van der Waals surface area contributed by atoms with E-state index in [1.165, 1.54) is 16.2 Å². The molecule has 0 aliphatic carbocycles. The van der Waals surface area contributed by atoms with Crippen LogP contribution >= 0.6 is 34.7 Å². The highest BCUT2D eigenvalue weighted by atomic mass is 35.5. The van der Waals surface area contributed by atoms with Crippen LogP contribution in [0, 0.1) is 0 Å². The minimum Gasteiger partial charge on any atom is -0.384 e. The van der Waals surface area contributed by atoms with Gasteiger partial charge in [-0.1, -0.05) is 11.6 Å². The molecule has 12 heavy (non-hydrogen) atoms. The molecule has 5 heteroatoms. The molecule has 0 saturated carbocycles. The van der Waals surface area contributed by atoms with Crippen molar-refractivity contribution in [2.45, 2.75) is 5.75 Å². The summed E-state index contributed by atoms with van der Waals surface area (Å²) in [5.41, 5.74) is 0. The van der Waals surface area contributed by atoms with E-state index in [2.05, 4.69) is 4.98 Å². The number of thiazole rings is 1. The van der Waals surface area contributed by atoms with Gasteiger partial charge in [-0.2, -0.15) is 11.8 Å². The van der Waals surface area contributed by atoms with Crippen LogP contribution in [0.1, 0.15) is 4.88 Å². The number of rotatable bonds is 5. The van der Waals surface area contributed by atoms with Crippen LogP contribution in [0.2, 0.25) is 4.47 Å². The van der Waals surface area contributed by atoms with Crippen molar-refractivity contribution < 1.29 is 4.74 Å². The summed E-state index contributed by atoms with van der Waals surface area (Å²) in [5.74, 6) is 2.00. The Labute approximate surface area is 85.3 Å². The molecule has 0 saturated heterocycles. The number of hydrogen-bond acceptors (Lipinski definition) is 4. The lowest BCUT2D eigenvalue weighted by Crippen LogP contribution is -1.91. The summed E-state index contributed by atoms with van der Waals surface area (Å²) in [7, 11) is 1.71. The molecule has 0 atom stereocenters. The number of aromatic nitrogens is 1. The first-order valence-electron chi connectivity index (χ1n) is 3.50. The second-order valence-electron chi connectivity index (χ2n) is 2.12. The van der Waals surface area contributed by atoms with Gasteiger partial charge in [-0.05, 0) is 0 Å². The zero-order valence-corrected chi connectivity index (χ0v) is 9.14. The number of nitrogens with zero attached hydrogens (tertiary/aromatic N) is 1. The SMILES string of the molecule is COCCSCc1cnc(Cl)s1. The number of methoxy groups -OCH3 is 1. The fourth-order valence-electron chi connectivity index (χ4n) is 0.665. The van der Waals surface area contributed by atoms with Crippen LogP contribution in [0.25, 0.3) is 0 Å². The average molecular weight is 224 g/mol. The van der Waals surface area contributed by atoms with Gasteiger partial charge in [0.15, 0.2) is 4.47 Å². The van der Waals surface area contributed by atoms with Gasteiger partial charge in [-0.25, -0.2) is 4.98 Å². The van der Waals surface area contributed by atoms with Gasteiger partial charge < -0.3 is 4.74 Å². The first-order valence-corrected chi connectivity index (χ1v) is 5.84. The Morgan fingerprint density at radius 3 is 3.17 bits per heavy atom. The molecule has 68 valence electrons. The van der Waals surface area contributed by atoms with Gasteiger partial charge in [-0.3, -0.25) is 0 Å². The lowest BCUT2D eigenvalue weighted by atomic mass is 10.6. The van der Waals surface area contributed by atoms with Gasteiger partial charge in [0.1, 0.15) is 0 Å². The quantitative estimate of drug-likeness (QED) is 0.717. The van der Waals surface area contributed by atoms with Crippen LogP contribution in [0.4, 0.5) is 0 Å². The summed E-state index contributed by atoms with van der Waals surface area (Å²) < 4.78 is 5.55. The normalized spacial score (nSPS) is 10.5. The van der Waals surface area contributed by atoms with Crippen molar-refractivity contribution >= 4 is 34.7 Å². The van der Waals surface area contributed by atoms with Crippen molar-refractivity contribution in [1.82, 2.24) is 4.98 Å². The average Bonchev–Trinajstić information content (AvgIpc) is 2.45. The predicted molar refractivity (Wildman–Crippen MR) is 55.2 cm³/mol. The third kappa shape index (κ3) is 3.76. The summed E-state index contributed by atoms with van der Waals surface area (Å²) in [6.07, 6.45) is 1.83. The van der Waals surface area contributed by atoms with Crippen LogP contribution < -0.4 is 0 Å². The van der Waals surface area contributed by atoms with Crippen molar-refractivity contribution in [3.8, 4) is 0 Å². The van der Waals surface area contributed by atoms with Gasteiger partial charge in [0, 0.05) is 29.7 Å². The molecule has 0 amide bonds.